The Morgan fingerprint density at radius 1 is 1.38 bits per heavy atom. The van der Waals surface area contributed by atoms with Crippen molar-refractivity contribution in [3.63, 3.8) is 0 Å². The Hall–Kier alpha value is -1.57. The van der Waals surface area contributed by atoms with Crippen LogP contribution in [0.3, 0.4) is 0 Å². The minimum atomic E-state index is 0.152. The first kappa shape index (κ1) is 8.05. The van der Waals surface area contributed by atoms with Crippen molar-refractivity contribution in [3.8, 4) is 0 Å². The summed E-state index contributed by atoms with van der Waals surface area (Å²) in [5, 5.41) is 0. The summed E-state index contributed by atoms with van der Waals surface area (Å²) in [5.41, 5.74) is 2.41. The molecule has 1 aromatic carbocycles. The van der Waals surface area contributed by atoms with Crippen molar-refractivity contribution in [3.05, 3.63) is 41.6 Å². The van der Waals surface area contributed by atoms with Gasteiger partial charge in [0.05, 0.1) is 6.04 Å². The van der Waals surface area contributed by atoms with E-state index in [1.54, 1.807) is 4.90 Å². The Bertz CT molecular complexity index is 357. The number of benzene rings is 1. The normalized spacial score (nSPS) is 19.8. The van der Waals surface area contributed by atoms with Crippen molar-refractivity contribution in [1.29, 1.82) is 0 Å². The molecule has 0 radical (unpaired) electrons. The summed E-state index contributed by atoms with van der Waals surface area (Å²) in [6.45, 7) is 2.02. The number of amides is 1. The minimum absolute atomic E-state index is 0.152. The highest BCUT2D eigenvalue weighted by Gasteiger charge is 2.17. The van der Waals surface area contributed by atoms with Crippen LogP contribution < -0.4 is 0 Å². The third-order valence-electron chi connectivity index (χ3n) is 2.44. The Kier molecular flexibility index (Phi) is 1.89. The van der Waals surface area contributed by atoms with Crippen molar-refractivity contribution in [2.24, 2.45) is 0 Å². The summed E-state index contributed by atoms with van der Waals surface area (Å²) >= 11 is 0. The number of carbonyl (C=O) groups is 1. The van der Waals surface area contributed by atoms with Gasteiger partial charge in [0.1, 0.15) is 0 Å². The highest BCUT2D eigenvalue weighted by molar-refractivity contribution is 5.63. The molecule has 0 bridgehead atoms. The van der Waals surface area contributed by atoms with Gasteiger partial charge in [0.15, 0.2) is 0 Å². The topological polar surface area (TPSA) is 20.3 Å². The maximum atomic E-state index is 10.7. The summed E-state index contributed by atoms with van der Waals surface area (Å²) < 4.78 is 0. The molecular formula is C11H11NO. The fourth-order valence-electron chi connectivity index (χ4n) is 1.63. The molecule has 66 valence electrons. The predicted molar refractivity (Wildman–Crippen MR) is 51.8 cm³/mol. The molecule has 0 spiro atoms. The quantitative estimate of drug-likeness (QED) is 0.596. The van der Waals surface area contributed by atoms with E-state index in [2.05, 4.69) is 12.1 Å². The lowest BCUT2D eigenvalue weighted by atomic mass is 9.98. The molecule has 1 heterocycles. The molecule has 2 heteroatoms. The number of hydrogen-bond acceptors (Lipinski definition) is 1. The zero-order valence-electron chi connectivity index (χ0n) is 7.47. The van der Waals surface area contributed by atoms with E-state index in [1.165, 1.54) is 11.1 Å². The van der Waals surface area contributed by atoms with Gasteiger partial charge in [-0.2, -0.15) is 0 Å². The number of carbonyl (C=O) groups excluding carboxylic acids is 1. The first-order valence-electron chi connectivity index (χ1n) is 4.33. The molecule has 1 aliphatic heterocycles. The van der Waals surface area contributed by atoms with Crippen LogP contribution in [0.5, 0.6) is 0 Å². The van der Waals surface area contributed by atoms with Crippen LogP contribution in [0.25, 0.3) is 6.08 Å². The first-order chi connectivity index (χ1) is 6.33. The van der Waals surface area contributed by atoms with E-state index >= 15 is 0 Å². The molecule has 1 amide bonds. The summed E-state index contributed by atoms with van der Waals surface area (Å²) in [4.78, 5) is 12.3. The lowest BCUT2D eigenvalue weighted by Gasteiger charge is -2.26. The van der Waals surface area contributed by atoms with Crippen molar-refractivity contribution in [2.45, 2.75) is 13.0 Å². The van der Waals surface area contributed by atoms with Crippen molar-refractivity contribution < 1.29 is 4.79 Å². The molecule has 0 unspecified atom stereocenters. The summed E-state index contributed by atoms with van der Waals surface area (Å²) in [6.07, 6.45) is 4.64. The number of fused-ring (bicyclic) bond motifs is 1. The molecule has 0 saturated carbocycles. The van der Waals surface area contributed by atoms with E-state index in [1.807, 2.05) is 31.3 Å². The number of rotatable bonds is 1. The molecule has 13 heavy (non-hydrogen) atoms. The molecule has 0 aromatic heterocycles. The van der Waals surface area contributed by atoms with Gasteiger partial charge in [-0.05, 0) is 24.1 Å². The molecule has 0 N–H and O–H groups in total. The zero-order chi connectivity index (χ0) is 9.26. The van der Waals surface area contributed by atoms with Gasteiger partial charge in [0, 0.05) is 6.20 Å². The van der Waals surface area contributed by atoms with Crippen molar-refractivity contribution in [2.75, 3.05) is 0 Å². The average molecular weight is 173 g/mol. The molecule has 0 fully saturated rings. The van der Waals surface area contributed by atoms with Crippen molar-refractivity contribution in [1.82, 2.24) is 4.90 Å². The second kappa shape index (κ2) is 3.05. The second-order valence-electron chi connectivity index (χ2n) is 3.17. The molecule has 2 nitrogen and oxygen atoms in total. The smallest absolute Gasteiger partial charge is 0.214 e. The summed E-state index contributed by atoms with van der Waals surface area (Å²) in [7, 11) is 0. The third kappa shape index (κ3) is 1.24. The van der Waals surface area contributed by atoms with Crippen molar-refractivity contribution >= 4 is 12.5 Å². The van der Waals surface area contributed by atoms with Gasteiger partial charge in [-0.1, -0.05) is 24.3 Å². The number of hydrogen-bond donors (Lipinski definition) is 0. The van der Waals surface area contributed by atoms with Gasteiger partial charge < -0.3 is 4.90 Å². The van der Waals surface area contributed by atoms with Crippen LogP contribution in [0.15, 0.2) is 30.5 Å². The van der Waals surface area contributed by atoms with Gasteiger partial charge in [0.25, 0.3) is 0 Å². The Balaban J connectivity index is 2.48. The molecule has 1 aliphatic rings. The lowest BCUT2D eigenvalue weighted by Crippen LogP contribution is -2.22. The second-order valence-corrected chi connectivity index (χ2v) is 3.17. The average Bonchev–Trinajstić information content (AvgIpc) is 2.19. The van der Waals surface area contributed by atoms with E-state index in [4.69, 9.17) is 0 Å². The van der Waals surface area contributed by atoms with Crippen LogP contribution >= 0.6 is 0 Å². The molecule has 1 aromatic rings. The van der Waals surface area contributed by atoms with Crippen LogP contribution in [0.2, 0.25) is 0 Å². The minimum Gasteiger partial charge on any atom is -0.314 e. The van der Waals surface area contributed by atoms with Gasteiger partial charge in [-0.25, -0.2) is 0 Å². The molecule has 0 saturated heterocycles. The fourth-order valence-corrected chi connectivity index (χ4v) is 1.63. The maximum absolute atomic E-state index is 10.7. The van der Waals surface area contributed by atoms with E-state index < -0.39 is 0 Å². The van der Waals surface area contributed by atoms with E-state index in [9.17, 15) is 4.79 Å². The molecule has 1 atom stereocenters. The Labute approximate surface area is 77.5 Å². The standard InChI is InChI=1S/C11H11NO/c1-9-11-5-3-2-4-10(11)6-7-12(9)8-13/h2-9H,1H3/t9-/m0/s1. The van der Waals surface area contributed by atoms with Gasteiger partial charge >= 0.3 is 0 Å². The van der Waals surface area contributed by atoms with Gasteiger partial charge in [-0.3, -0.25) is 4.79 Å². The highest BCUT2D eigenvalue weighted by Crippen LogP contribution is 2.27. The number of nitrogens with zero attached hydrogens (tertiary/aromatic N) is 1. The predicted octanol–water partition coefficient (Wildman–Crippen LogP) is 2.19. The van der Waals surface area contributed by atoms with Crippen LogP contribution in [-0.4, -0.2) is 11.3 Å². The zero-order valence-corrected chi connectivity index (χ0v) is 7.47. The monoisotopic (exact) mass is 173 g/mol. The first-order valence-corrected chi connectivity index (χ1v) is 4.33. The molecule has 2 rings (SSSR count). The fraction of sp³-hybridized carbons (Fsp3) is 0.182. The largest absolute Gasteiger partial charge is 0.314 e. The van der Waals surface area contributed by atoms with Gasteiger partial charge in [0.2, 0.25) is 6.41 Å². The van der Waals surface area contributed by atoms with Crippen LogP contribution in [0.4, 0.5) is 0 Å². The van der Waals surface area contributed by atoms with Crippen LogP contribution in [-0.2, 0) is 4.79 Å². The molecule has 0 aliphatic carbocycles. The third-order valence-corrected chi connectivity index (χ3v) is 2.44. The lowest BCUT2D eigenvalue weighted by molar-refractivity contribution is -0.117. The van der Waals surface area contributed by atoms with E-state index in [0.717, 1.165) is 6.41 Å². The van der Waals surface area contributed by atoms with E-state index in [-0.39, 0.29) is 6.04 Å². The van der Waals surface area contributed by atoms with Gasteiger partial charge in [-0.15, -0.1) is 0 Å². The summed E-state index contributed by atoms with van der Waals surface area (Å²) in [6, 6.07) is 8.27. The Morgan fingerprint density at radius 2 is 2.15 bits per heavy atom. The Morgan fingerprint density at radius 3 is 2.92 bits per heavy atom. The highest BCUT2D eigenvalue weighted by atomic mass is 16.1. The molecular weight excluding hydrogens is 162 g/mol. The summed E-state index contributed by atoms with van der Waals surface area (Å²) in [5.74, 6) is 0. The van der Waals surface area contributed by atoms with Crippen LogP contribution in [0.1, 0.15) is 24.1 Å². The van der Waals surface area contributed by atoms with Crippen LogP contribution in [0, 0.1) is 0 Å². The van der Waals surface area contributed by atoms with E-state index in [0.29, 0.717) is 0 Å². The SMILES string of the molecule is C[C@H]1c2ccccc2C=CN1C=O. The maximum Gasteiger partial charge on any atom is 0.214 e.